The number of carbonyl (C=O) groups excluding carboxylic acids is 2. The van der Waals surface area contributed by atoms with E-state index in [0.29, 0.717) is 21.6 Å². The van der Waals surface area contributed by atoms with Gasteiger partial charge in [0.1, 0.15) is 4.83 Å². The third kappa shape index (κ3) is 5.56. The van der Waals surface area contributed by atoms with Crippen molar-refractivity contribution in [2.24, 2.45) is 0 Å². The molecule has 2 aromatic heterocycles. The number of H-pyrrole nitrogens is 1. The average Bonchev–Trinajstić information content (AvgIpc) is 3.38. The van der Waals surface area contributed by atoms with E-state index in [-0.39, 0.29) is 11.8 Å². The Balaban J connectivity index is 1.22. The Morgan fingerprint density at radius 3 is 2.69 bits per heavy atom. The molecule has 0 aliphatic carbocycles. The molecule has 0 radical (unpaired) electrons. The quantitative estimate of drug-likeness (QED) is 0.330. The molecule has 4 aromatic rings. The molecule has 36 heavy (non-hydrogen) atoms. The number of fused-ring (bicyclic) bond motifs is 1. The lowest BCUT2D eigenvalue weighted by atomic mass is 10.1. The van der Waals surface area contributed by atoms with E-state index in [1.807, 2.05) is 54.6 Å². The zero-order valence-electron chi connectivity index (χ0n) is 20.0. The summed E-state index contributed by atoms with van der Waals surface area (Å²) in [7, 11) is 1.79. The van der Waals surface area contributed by atoms with E-state index in [4.69, 9.17) is 4.74 Å². The van der Waals surface area contributed by atoms with Crippen LogP contribution in [-0.2, 0) is 11.3 Å². The minimum atomic E-state index is -0.251. The molecule has 0 saturated carbocycles. The monoisotopic (exact) mass is 504 g/mol. The second-order valence-corrected chi connectivity index (χ2v) is 9.71. The van der Waals surface area contributed by atoms with E-state index in [2.05, 4.69) is 25.8 Å². The smallest absolute Gasteiger partial charge is 0.279 e. The van der Waals surface area contributed by atoms with Gasteiger partial charge in [0.25, 0.3) is 11.8 Å². The summed E-state index contributed by atoms with van der Waals surface area (Å²) in [5.41, 5.74) is 5.43. The number of carbonyl (C=O) groups is 2. The topological polar surface area (TPSA) is 103 Å². The molecule has 2 amide bonds. The van der Waals surface area contributed by atoms with Crippen molar-refractivity contribution < 1.29 is 14.3 Å². The van der Waals surface area contributed by atoms with Crippen LogP contribution in [0.4, 0.5) is 11.5 Å². The van der Waals surface area contributed by atoms with E-state index in [0.717, 1.165) is 55.4 Å². The van der Waals surface area contributed by atoms with Gasteiger partial charge in [0, 0.05) is 38.9 Å². The fourth-order valence-corrected chi connectivity index (χ4v) is 4.99. The number of anilines is 2. The van der Waals surface area contributed by atoms with Crippen LogP contribution in [0.1, 0.15) is 32.0 Å². The summed E-state index contributed by atoms with van der Waals surface area (Å²) < 4.78 is 5.52. The van der Waals surface area contributed by atoms with Gasteiger partial charge in [-0.3, -0.25) is 30.0 Å². The lowest BCUT2D eigenvalue weighted by Gasteiger charge is -2.19. The highest BCUT2D eigenvalue weighted by atomic mass is 32.1. The fraction of sp³-hybridized carbons (Fsp3) is 0.269. The number of hydrogen-bond acceptors (Lipinski definition) is 7. The molecule has 1 fully saturated rings. The number of hydrazine groups is 1. The first-order chi connectivity index (χ1) is 17.6. The van der Waals surface area contributed by atoms with Crippen LogP contribution >= 0.6 is 11.3 Å². The van der Waals surface area contributed by atoms with Crippen molar-refractivity contribution in [1.29, 1.82) is 0 Å². The number of para-hydroxylation sites is 1. The number of ether oxygens (including phenoxy) is 1. The molecule has 1 aliphatic rings. The van der Waals surface area contributed by atoms with Crippen LogP contribution in [0.15, 0.2) is 60.7 Å². The van der Waals surface area contributed by atoms with E-state index in [1.54, 1.807) is 18.1 Å². The molecule has 0 bridgehead atoms. The molecule has 10 heteroatoms. The highest BCUT2D eigenvalue weighted by Crippen LogP contribution is 2.29. The Kier molecular flexibility index (Phi) is 7.26. The van der Waals surface area contributed by atoms with Gasteiger partial charge in [0.05, 0.1) is 22.6 Å². The fourth-order valence-electron chi connectivity index (χ4n) is 4.10. The van der Waals surface area contributed by atoms with E-state index >= 15 is 0 Å². The van der Waals surface area contributed by atoms with Crippen LogP contribution in [-0.4, -0.2) is 60.3 Å². The third-order valence-electron chi connectivity index (χ3n) is 6.06. The Labute approximate surface area is 213 Å². The zero-order valence-corrected chi connectivity index (χ0v) is 20.8. The highest BCUT2D eigenvalue weighted by molar-refractivity contribution is 7.20. The van der Waals surface area contributed by atoms with Crippen molar-refractivity contribution in [3.8, 4) is 0 Å². The number of nitrogens with one attached hydrogen (secondary N) is 3. The van der Waals surface area contributed by atoms with Crippen LogP contribution in [0.5, 0.6) is 0 Å². The number of amides is 2. The summed E-state index contributed by atoms with van der Waals surface area (Å²) in [6, 6.07) is 18.9. The van der Waals surface area contributed by atoms with Gasteiger partial charge < -0.3 is 10.1 Å². The Morgan fingerprint density at radius 2 is 1.89 bits per heavy atom. The molecular formula is C26H28N6O3S. The second kappa shape index (κ2) is 10.9. The van der Waals surface area contributed by atoms with Gasteiger partial charge in [0.15, 0.2) is 5.82 Å². The van der Waals surface area contributed by atoms with Gasteiger partial charge in [0.2, 0.25) is 0 Å². The van der Waals surface area contributed by atoms with Crippen LogP contribution in [0.3, 0.4) is 0 Å². The third-order valence-corrected chi connectivity index (χ3v) is 7.10. The Hall–Kier alpha value is -3.73. The molecule has 0 unspecified atom stereocenters. The van der Waals surface area contributed by atoms with Crippen LogP contribution in [0.25, 0.3) is 10.2 Å². The number of thiophene rings is 1. The average molecular weight is 505 g/mol. The SMILES string of the molecule is CN(NC(=O)c1cc2c(NC(=O)c3ccc(CN4CCCOCC4)cc3)n[nH]c2s1)c1ccccc1. The van der Waals surface area contributed by atoms with Gasteiger partial charge in [-0.15, -0.1) is 11.3 Å². The van der Waals surface area contributed by atoms with Crippen LogP contribution < -0.4 is 15.8 Å². The predicted octanol–water partition coefficient (Wildman–Crippen LogP) is 3.88. The van der Waals surface area contributed by atoms with Crippen molar-refractivity contribution in [3.05, 3.63) is 76.7 Å². The Bertz CT molecular complexity index is 1330. The molecule has 0 spiro atoms. The first-order valence-corrected chi connectivity index (χ1v) is 12.7. The number of hydrogen-bond donors (Lipinski definition) is 3. The van der Waals surface area contributed by atoms with Crippen molar-refractivity contribution in [3.63, 3.8) is 0 Å². The highest BCUT2D eigenvalue weighted by Gasteiger charge is 2.18. The summed E-state index contributed by atoms with van der Waals surface area (Å²) in [5, 5.41) is 12.4. The zero-order chi connectivity index (χ0) is 24.9. The predicted molar refractivity (Wildman–Crippen MR) is 141 cm³/mol. The number of nitrogens with zero attached hydrogens (tertiary/aromatic N) is 3. The summed E-state index contributed by atoms with van der Waals surface area (Å²) in [6.07, 6.45) is 1.04. The number of benzene rings is 2. The normalized spacial score (nSPS) is 14.4. The largest absolute Gasteiger partial charge is 0.380 e. The van der Waals surface area contributed by atoms with Gasteiger partial charge in [-0.1, -0.05) is 30.3 Å². The lowest BCUT2D eigenvalue weighted by Crippen LogP contribution is -2.38. The van der Waals surface area contributed by atoms with Crippen molar-refractivity contribution in [1.82, 2.24) is 20.5 Å². The van der Waals surface area contributed by atoms with E-state index < -0.39 is 0 Å². The molecule has 3 N–H and O–H groups in total. The number of aromatic nitrogens is 2. The molecule has 3 heterocycles. The van der Waals surface area contributed by atoms with Crippen molar-refractivity contribution in [2.45, 2.75) is 13.0 Å². The minimum absolute atomic E-state index is 0.236. The molecule has 186 valence electrons. The van der Waals surface area contributed by atoms with Gasteiger partial charge >= 0.3 is 0 Å². The van der Waals surface area contributed by atoms with Crippen LogP contribution in [0.2, 0.25) is 0 Å². The first kappa shape index (κ1) is 24.0. The first-order valence-electron chi connectivity index (χ1n) is 11.8. The summed E-state index contributed by atoms with van der Waals surface area (Å²) in [6.45, 7) is 4.34. The number of rotatable bonds is 7. The molecule has 9 nitrogen and oxygen atoms in total. The molecule has 2 aromatic carbocycles. The standard InChI is InChI=1S/C26H28N6O3S/c1-31(20-6-3-2-4-7-20)30-25(34)22-16-21-23(28-29-26(21)36-22)27-24(33)19-10-8-18(9-11-19)17-32-12-5-14-35-15-13-32/h2-4,6-11,16H,5,12-15,17H2,1H3,(H,30,34)(H2,27,28,29,33). The number of aromatic amines is 1. The minimum Gasteiger partial charge on any atom is -0.380 e. The van der Waals surface area contributed by atoms with E-state index in [9.17, 15) is 9.59 Å². The van der Waals surface area contributed by atoms with Crippen molar-refractivity contribution >= 4 is 44.9 Å². The molecule has 5 rings (SSSR count). The Morgan fingerprint density at radius 1 is 1.08 bits per heavy atom. The van der Waals surface area contributed by atoms with Gasteiger partial charge in [-0.25, -0.2) is 0 Å². The maximum atomic E-state index is 12.9. The van der Waals surface area contributed by atoms with E-state index in [1.165, 1.54) is 11.3 Å². The maximum Gasteiger partial charge on any atom is 0.279 e. The van der Waals surface area contributed by atoms with Crippen LogP contribution in [0, 0.1) is 0 Å². The van der Waals surface area contributed by atoms with Crippen molar-refractivity contribution in [2.75, 3.05) is 43.7 Å². The molecule has 0 atom stereocenters. The summed E-state index contributed by atoms with van der Waals surface area (Å²) in [4.78, 5) is 29.2. The van der Waals surface area contributed by atoms with Gasteiger partial charge in [-0.05, 0) is 42.3 Å². The molecule has 1 saturated heterocycles. The summed E-state index contributed by atoms with van der Waals surface area (Å²) in [5.74, 6) is -0.0886. The second-order valence-electron chi connectivity index (χ2n) is 8.65. The summed E-state index contributed by atoms with van der Waals surface area (Å²) >= 11 is 1.28. The lowest BCUT2D eigenvalue weighted by molar-refractivity contribution is 0.0954. The molecular weight excluding hydrogens is 476 g/mol. The molecule has 1 aliphatic heterocycles. The van der Waals surface area contributed by atoms with Gasteiger partial charge in [-0.2, -0.15) is 5.10 Å². The maximum absolute atomic E-state index is 12.9.